The molecule has 27 heavy (non-hydrogen) atoms. The third-order valence-electron chi connectivity index (χ3n) is 3.65. The minimum absolute atomic E-state index is 0.0494. The second-order valence-electron chi connectivity index (χ2n) is 6.29. The lowest BCUT2D eigenvalue weighted by Crippen LogP contribution is -2.39. The van der Waals surface area contributed by atoms with Crippen LogP contribution < -0.4 is 5.32 Å². The van der Waals surface area contributed by atoms with E-state index in [2.05, 4.69) is 10.3 Å². The van der Waals surface area contributed by atoms with E-state index in [4.69, 9.17) is 0 Å². The van der Waals surface area contributed by atoms with Crippen LogP contribution in [0.3, 0.4) is 0 Å². The standard InChI is InChI=1S/C17H23FN4O3S2/c1-13-12-26-17(19-13)20-16(23)11-22(10-4-9-21(2)3)27(24,25)15-7-5-14(18)6-8-15/h5-8,12H,4,9-11H2,1-3H3,(H,19,20,23). The maximum Gasteiger partial charge on any atom is 0.243 e. The Labute approximate surface area is 162 Å². The van der Waals surface area contributed by atoms with Gasteiger partial charge in [-0.1, -0.05) is 0 Å². The van der Waals surface area contributed by atoms with Gasteiger partial charge in [0, 0.05) is 11.9 Å². The maximum absolute atomic E-state index is 13.1. The molecule has 2 aromatic rings. The summed E-state index contributed by atoms with van der Waals surface area (Å²) in [5.74, 6) is -0.995. The van der Waals surface area contributed by atoms with Crippen LogP contribution in [0.1, 0.15) is 12.1 Å². The van der Waals surface area contributed by atoms with E-state index in [1.807, 2.05) is 19.0 Å². The SMILES string of the molecule is Cc1csc(NC(=O)CN(CCCN(C)C)S(=O)(=O)c2ccc(F)cc2)n1. The number of thiazole rings is 1. The van der Waals surface area contributed by atoms with Crippen molar-refractivity contribution in [2.75, 3.05) is 39.0 Å². The van der Waals surface area contributed by atoms with Gasteiger partial charge in [-0.2, -0.15) is 4.31 Å². The topological polar surface area (TPSA) is 82.6 Å². The Kier molecular flexibility index (Phi) is 7.42. The molecule has 1 heterocycles. The molecule has 0 aliphatic carbocycles. The number of hydrogen-bond acceptors (Lipinski definition) is 6. The van der Waals surface area contributed by atoms with Crippen molar-refractivity contribution in [1.29, 1.82) is 0 Å². The highest BCUT2D eigenvalue weighted by Gasteiger charge is 2.26. The molecule has 7 nitrogen and oxygen atoms in total. The largest absolute Gasteiger partial charge is 0.309 e. The van der Waals surface area contributed by atoms with Gasteiger partial charge >= 0.3 is 0 Å². The monoisotopic (exact) mass is 414 g/mol. The summed E-state index contributed by atoms with van der Waals surface area (Å²) < 4.78 is 40.1. The van der Waals surface area contributed by atoms with E-state index in [-0.39, 0.29) is 18.0 Å². The van der Waals surface area contributed by atoms with E-state index in [0.717, 1.165) is 22.1 Å². The molecule has 0 saturated heterocycles. The molecular weight excluding hydrogens is 391 g/mol. The van der Waals surface area contributed by atoms with Crippen molar-refractivity contribution in [3.8, 4) is 0 Å². The Balaban J connectivity index is 2.16. The molecule has 0 atom stereocenters. The van der Waals surface area contributed by atoms with Gasteiger partial charge in [-0.05, 0) is 58.3 Å². The number of nitrogens with zero attached hydrogens (tertiary/aromatic N) is 3. The first kappa shape index (κ1) is 21.4. The number of carbonyl (C=O) groups excluding carboxylic acids is 1. The fraction of sp³-hybridized carbons (Fsp3) is 0.412. The highest BCUT2D eigenvalue weighted by Crippen LogP contribution is 2.18. The fourth-order valence-electron chi connectivity index (χ4n) is 2.33. The molecule has 1 aromatic carbocycles. The average Bonchev–Trinajstić information content (AvgIpc) is 2.98. The second kappa shape index (κ2) is 9.36. The summed E-state index contributed by atoms with van der Waals surface area (Å²) in [6.45, 7) is 2.30. The van der Waals surface area contributed by atoms with Gasteiger partial charge in [-0.3, -0.25) is 4.79 Å². The van der Waals surface area contributed by atoms with Crippen LogP contribution in [-0.4, -0.2) is 62.2 Å². The van der Waals surface area contributed by atoms with Crippen molar-refractivity contribution in [3.63, 3.8) is 0 Å². The van der Waals surface area contributed by atoms with E-state index < -0.39 is 21.7 Å². The molecule has 10 heteroatoms. The minimum Gasteiger partial charge on any atom is -0.309 e. The Morgan fingerprint density at radius 1 is 1.22 bits per heavy atom. The average molecular weight is 415 g/mol. The highest BCUT2D eigenvalue weighted by molar-refractivity contribution is 7.89. The number of benzene rings is 1. The number of anilines is 1. The number of sulfonamides is 1. The second-order valence-corrected chi connectivity index (χ2v) is 9.09. The zero-order valence-corrected chi connectivity index (χ0v) is 17.1. The van der Waals surface area contributed by atoms with Gasteiger partial charge in [0.1, 0.15) is 5.82 Å². The summed E-state index contributed by atoms with van der Waals surface area (Å²) in [5.41, 5.74) is 0.775. The molecule has 0 aliphatic heterocycles. The minimum atomic E-state index is -3.93. The van der Waals surface area contributed by atoms with Crippen molar-refractivity contribution >= 4 is 32.4 Å². The molecule has 148 valence electrons. The number of aryl methyl sites for hydroxylation is 1. The van der Waals surface area contributed by atoms with Crippen LogP contribution in [0, 0.1) is 12.7 Å². The zero-order chi connectivity index (χ0) is 20.0. The van der Waals surface area contributed by atoms with Crippen LogP contribution in [0.2, 0.25) is 0 Å². The van der Waals surface area contributed by atoms with Gasteiger partial charge < -0.3 is 10.2 Å². The fourth-order valence-corrected chi connectivity index (χ4v) is 4.47. The van der Waals surface area contributed by atoms with E-state index in [1.165, 1.54) is 23.5 Å². The number of amides is 1. The van der Waals surface area contributed by atoms with Crippen LogP contribution in [0.15, 0.2) is 34.5 Å². The third kappa shape index (κ3) is 6.35. The van der Waals surface area contributed by atoms with E-state index in [9.17, 15) is 17.6 Å². The lowest BCUT2D eigenvalue weighted by atomic mass is 10.4. The Bertz CT molecular complexity index is 867. The summed E-state index contributed by atoms with van der Waals surface area (Å²) in [6.07, 6.45) is 0.553. The third-order valence-corrected chi connectivity index (χ3v) is 6.38. The van der Waals surface area contributed by atoms with E-state index >= 15 is 0 Å². The van der Waals surface area contributed by atoms with Crippen LogP contribution >= 0.6 is 11.3 Å². The van der Waals surface area contributed by atoms with Gasteiger partial charge in [0.25, 0.3) is 0 Å². The van der Waals surface area contributed by atoms with E-state index in [0.29, 0.717) is 18.1 Å². The molecule has 0 aliphatic rings. The zero-order valence-electron chi connectivity index (χ0n) is 15.5. The number of halogens is 1. The summed E-state index contributed by atoms with van der Waals surface area (Å²) in [6, 6.07) is 4.57. The molecule has 0 spiro atoms. The summed E-state index contributed by atoms with van der Waals surface area (Å²) in [5, 5.41) is 4.83. The van der Waals surface area contributed by atoms with Crippen molar-refractivity contribution in [2.45, 2.75) is 18.2 Å². The van der Waals surface area contributed by atoms with Crippen LogP contribution in [-0.2, 0) is 14.8 Å². The first-order valence-corrected chi connectivity index (χ1v) is 10.6. The Morgan fingerprint density at radius 2 is 1.89 bits per heavy atom. The van der Waals surface area contributed by atoms with Crippen molar-refractivity contribution < 1.29 is 17.6 Å². The van der Waals surface area contributed by atoms with Crippen molar-refractivity contribution in [3.05, 3.63) is 41.2 Å². The van der Waals surface area contributed by atoms with Gasteiger partial charge in [0.05, 0.1) is 17.1 Å². The molecule has 1 aromatic heterocycles. The van der Waals surface area contributed by atoms with E-state index in [1.54, 1.807) is 12.3 Å². The maximum atomic E-state index is 13.1. The van der Waals surface area contributed by atoms with Gasteiger partial charge in [0.2, 0.25) is 15.9 Å². The van der Waals surface area contributed by atoms with Crippen LogP contribution in [0.4, 0.5) is 9.52 Å². The van der Waals surface area contributed by atoms with Gasteiger partial charge in [-0.25, -0.2) is 17.8 Å². The number of nitrogens with one attached hydrogen (secondary N) is 1. The molecule has 1 amide bonds. The predicted octanol–water partition coefficient (Wildman–Crippen LogP) is 2.17. The van der Waals surface area contributed by atoms with Crippen LogP contribution in [0.25, 0.3) is 0 Å². The first-order chi connectivity index (χ1) is 12.7. The van der Waals surface area contributed by atoms with Gasteiger partial charge in [0.15, 0.2) is 5.13 Å². The normalized spacial score (nSPS) is 11.9. The Hall–Kier alpha value is -1.88. The number of carbonyl (C=O) groups is 1. The van der Waals surface area contributed by atoms with Crippen LogP contribution in [0.5, 0.6) is 0 Å². The van der Waals surface area contributed by atoms with Crippen molar-refractivity contribution in [2.24, 2.45) is 0 Å². The van der Waals surface area contributed by atoms with Crippen molar-refractivity contribution in [1.82, 2.24) is 14.2 Å². The molecule has 0 unspecified atom stereocenters. The number of hydrogen-bond donors (Lipinski definition) is 1. The summed E-state index contributed by atoms with van der Waals surface area (Å²) in [4.78, 5) is 18.4. The predicted molar refractivity (Wildman–Crippen MR) is 104 cm³/mol. The molecule has 0 bridgehead atoms. The molecule has 0 saturated carbocycles. The summed E-state index contributed by atoms with van der Waals surface area (Å²) in [7, 11) is -0.157. The smallest absolute Gasteiger partial charge is 0.243 e. The van der Waals surface area contributed by atoms with Gasteiger partial charge in [-0.15, -0.1) is 11.3 Å². The first-order valence-electron chi connectivity index (χ1n) is 8.31. The number of aromatic nitrogens is 1. The quantitative estimate of drug-likeness (QED) is 0.680. The molecule has 1 N–H and O–H groups in total. The summed E-state index contributed by atoms with van der Waals surface area (Å²) >= 11 is 1.27. The highest BCUT2D eigenvalue weighted by atomic mass is 32.2. The lowest BCUT2D eigenvalue weighted by Gasteiger charge is -2.22. The molecule has 0 radical (unpaired) electrons. The molecule has 2 rings (SSSR count). The Morgan fingerprint density at radius 3 is 2.44 bits per heavy atom. The molecule has 0 fully saturated rings. The number of rotatable bonds is 9. The molecular formula is C17H23FN4O3S2. The lowest BCUT2D eigenvalue weighted by molar-refractivity contribution is -0.116.